The molecular formula is C27H17ClFNO5. The maximum absolute atomic E-state index is 14.1. The Morgan fingerprint density at radius 2 is 1.57 bits per heavy atom. The Labute approximate surface area is 204 Å². The van der Waals surface area contributed by atoms with Gasteiger partial charge in [0.25, 0.3) is 0 Å². The van der Waals surface area contributed by atoms with Crippen LogP contribution in [0.5, 0.6) is 0 Å². The zero-order chi connectivity index (χ0) is 24.6. The predicted molar refractivity (Wildman–Crippen MR) is 124 cm³/mol. The molecule has 0 N–H and O–H groups in total. The van der Waals surface area contributed by atoms with E-state index in [4.69, 9.17) is 16.3 Å². The molecule has 1 aliphatic carbocycles. The molecule has 2 amide bonds. The van der Waals surface area contributed by atoms with Crippen LogP contribution in [0, 0.1) is 24.6 Å². The number of amides is 2. The van der Waals surface area contributed by atoms with E-state index in [0.29, 0.717) is 5.02 Å². The van der Waals surface area contributed by atoms with Gasteiger partial charge in [-0.1, -0.05) is 54.1 Å². The number of rotatable bonds is 2. The van der Waals surface area contributed by atoms with Crippen molar-refractivity contribution in [2.75, 3.05) is 4.90 Å². The van der Waals surface area contributed by atoms with E-state index in [9.17, 15) is 23.6 Å². The number of carbonyl (C=O) groups excluding carboxylic acids is 4. The second-order valence-corrected chi connectivity index (χ2v) is 9.39. The molecule has 6 rings (SSSR count). The zero-order valence-electron chi connectivity index (χ0n) is 18.3. The summed E-state index contributed by atoms with van der Waals surface area (Å²) < 4.78 is 20.3. The predicted octanol–water partition coefficient (Wildman–Crippen LogP) is 4.48. The van der Waals surface area contributed by atoms with Crippen molar-refractivity contribution in [1.82, 2.24) is 0 Å². The van der Waals surface area contributed by atoms with E-state index in [2.05, 4.69) is 0 Å². The summed E-state index contributed by atoms with van der Waals surface area (Å²) in [6.45, 7) is 1.78. The molecule has 6 nitrogen and oxygen atoms in total. The van der Waals surface area contributed by atoms with Crippen LogP contribution in [-0.4, -0.2) is 29.0 Å². The highest BCUT2D eigenvalue weighted by molar-refractivity contribution is 6.37. The maximum atomic E-state index is 14.1. The number of ether oxygens (including phenoxy) is 1. The van der Waals surface area contributed by atoms with Crippen LogP contribution < -0.4 is 4.90 Å². The smallest absolute Gasteiger partial charge is 0.241 e. The summed E-state index contributed by atoms with van der Waals surface area (Å²) in [6.07, 6.45) is -1.18. The molecule has 0 unspecified atom stereocenters. The van der Waals surface area contributed by atoms with Crippen molar-refractivity contribution >= 4 is 40.7 Å². The summed E-state index contributed by atoms with van der Waals surface area (Å²) in [5.41, 5.74) is -0.696. The molecule has 174 valence electrons. The second-order valence-electron chi connectivity index (χ2n) is 8.98. The Bertz CT molecular complexity index is 1450. The van der Waals surface area contributed by atoms with Gasteiger partial charge >= 0.3 is 0 Å². The normalized spacial score (nSPS) is 24.4. The Balaban J connectivity index is 1.55. The lowest BCUT2D eigenvalue weighted by Gasteiger charge is -2.27. The van der Waals surface area contributed by atoms with Crippen LogP contribution in [0.15, 0.2) is 66.7 Å². The first-order chi connectivity index (χ1) is 16.8. The van der Waals surface area contributed by atoms with Gasteiger partial charge in [-0.25, -0.2) is 9.29 Å². The number of Topliss-reactive ketones (excluding diaryl/α,β-unsaturated/α-hetero) is 2. The van der Waals surface area contributed by atoms with Gasteiger partial charge in [-0.15, -0.1) is 0 Å². The SMILES string of the molecule is Cc1ccc(N2C(=O)[C@@H]3[C@@H](c4cccc(F)c4)OC4(C(=O)c5ccccc5C4=O)[C@@H]3C2=O)cc1Cl. The van der Waals surface area contributed by atoms with E-state index in [1.807, 2.05) is 0 Å². The number of ketones is 2. The van der Waals surface area contributed by atoms with Crippen molar-refractivity contribution in [3.63, 3.8) is 0 Å². The molecule has 8 heteroatoms. The molecule has 3 aromatic rings. The number of aryl methyl sites for hydroxylation is 1. The van der Waals surface area contributed by atoms with Gasteiger partial charge in [0.15, 0.2) is 0 Å². The van der Waals surface area contributed by atoms with Crippen molar-refractivity contribution < 1.29 is 28.3 Å². The fourth-order valence-electron chi connectivity index (χ4n) is 5.48. The van der Waals surface area contributed by atoms with Crippen LogP contribution in [0.3, 0.4) is 0 Å². The Morgan fingerprint density at radius 3 is 2.20 bits per heavy atom. The van der Waals surface area contributed by atoms with Crippen molar-refractivity contribution in [3.8, 4) is 0 Å². The molecule has 0 radical (unpaired) electrons. The first-order valence-electron chi connectivity index (χ1n) is 11.0. The minimum atomic E-state index is -2.21. The molecule has 0 aromatic heterocycles. The zero-order valence-corrected chi connectivity index (χ0v) is 19.1. The van der Waals surface area contributed by atoms with Crippen LogP contribution in [0.1, 0.15) is 37.9 Å². The maximum Gasteiger partial charge on any atom is 0.241 e. The number of fused-ring (bicyclic) bond motifs is 3. The molecule has 2 saturated heterocycles. The largest absolute Gasteiger partial charge is 0.349 e. The Morgan fingerprint density at radius 1 is 0.886 bits per heavy atom. The third-order valence-corrected chi connectivity index (χ3v) is 7.52. The van der Waals surface area contributed by atoms with E-state index in [1.54, 1.807) is 37.3 Å². The third kappa shape index (κ3) is 2.79. The van der Waals surface area contributed by atoms with Gasteiger partial charge in [-0.05, 0) is 42.3 Å². The molecule has 3 aliphatic rings. The third-order valence-electron chi connectivity index (χ3n) is 7.11. The minimum Gasteiger partial charge on any atom is -0.349 e. The Hall–Kier alpha value is -3.68. The minimum absolute atomic E-state index is 0.133. The van der Waals surface area contributed by atoms with Crippen molar-refractivity contribution in [2.24, 2.45) is 11.8 Å². The number of hydrogen-bond acceptors (Lipinski definition) is 5. The van der Waals surface area contributed by atoms with Crippen molar-refractivity contribution in [2.45, 2.75) is 18.6 Å². The molecule has 0 saturated carbocycles. The van der Waals surface area contributed by atoms with E-state index in [-0.39, 0.29) is 22.4 Å². The van der Waals surface area contributed by atoms with Crippen LogP contribution in [0.25, 0.3) is 0 Å². The van der Waals surface area contributed by atoms with E-state index >= 15 is 0 Å². The first kappa shape index (κ1) is 21.8. The van der Waals surface area contributed by atoms with E-state index in [1.165, 1.54) is 36.4 Å². The monoisotopic (exact) mass is 489 g/mol. The first-order valence-corrected chi connectivity index (χ1v) is 11.4. The summed E-state index contributed by atoms with van der Waals surface area (Å²) in [5, 5.41) is 0.355. The topological polar surface area (TPSA) is 80.8 Å². The fraction of sp³-hybridized carbons (Fsp3) is 0.185. The average molecular weight is 490 g/mol. The lowest BCUT2D eigenvalue weighted by Crippen LogP contribution is -2.51. The molecule has 3 atom stereocenters. The molecular weight excluding hydrogens is 473 g/mol. The lowest BCUT2D eigenvalue weighted by molar-refractivity contribution is -0.127. The van der Waals surface area contributed by atoms with Gasteiger partial charge in [0.05, 0.1) is 23.6 Å². The number of benzene rings is 3. The van der Waals surface area contributed by atoms with E-state index in [0.717, 1.165) is 10.5 Å². The number of carbonyl (C=O) groups is 4. The highest BCUT2D eigenvalue weighted by Crippen LogP contribution is 2.57. The molecule has 0 bridgehead atoms. The average Bonchev–Trinajstić information content (AvgIpc) is 3.41. The summed E-state index contributed by atoms with van der Waals surface area (Å²) in [5.74, 6) is -5.89. The summed E-state index contributed by atoms with van der Waals surface area (Å²) in [7, 11) is 0. The van der Waals surface area contributed by atoms with Crippen LogP contribution in [-0.2, 0) is 14.3 Å². The number of anilines is 1. The standard InChI is InChI=1S/C27H17ClFNO5/c1-13-9-10-16(12-19(13)28)30-25(33)20-21(26(30)34)27(35-22(20)14-5-4-6-15(29)11-14)23(31)17-7-2-3-8-18(17)24(27)32/h2-12,20-22H,1H3/t20-,21-,22+/m0/s1. The van der Waals surface area contributed by atoms with Crippen LogP contribution in [0.2, 0.25) is 5.02 Å². The lowest BCUT2D eigenvalue weighted by atomic mass is 9.77. The number of hydrogen-bond donors (Lipinski definition) is 0. The van der Waals surface area contributed by atoms with Crippen molar-refractivity contribution in [1.29, 1.82) is 0 Å². The number of imide groups is 1. The molecule has 3 aromatic carbocycles. The number of halogens is 2. The molecule has 2 aliphatic heterocycles. The second kappa shape index (κ2) is 7.41. The molecule has 35 heavy (non-hydrogen) atoms. The summed E-state index contributed by atoms with van der Waals surface area (Å²) in [6, 6.07) is 16.4. The highest BCUT2D eigenvalue weighted by atomic mass is 35.5. The van der Waals surface area contributed by atoms with Gasteiger partial charge in [0, 0.05) is 16.1 Å². The van der Waals surface area contributed by atoms with Gasteiger partial charge in [0.1, 0.15) is 5.82 Å². The number of nitrogens with zero attached hydrogens (tertiary/aromatic N) is 1. The van der Waals surface area contributed by atoms with Crippen LogP contribution >= 0.6 is 11.6 Å². The van der Waals surface area contributed by atoms with Gasteiger partial charge in [-0.3, -0.25) is 19.2 Å². The summed E-state index contributed by atoms with van der Waals surface area (Å²) in [4.78, 5) is 55.9. The molecule has 2 heterocycles. The molecule has 2 fully saturated rings. The van der Waals surface area contributed by atoms with Gasteiger partial charge < -0.3 is 4.74 Å². The fourth-order valence-corrected chi connectivity index (χ4v) is 5.65. The molecule has 1 spiro atoms. The van der Waals surface area contributed by atoms with Gasteiger partial charge in [0.2, 0.25) is 29.0 Å². The summed E-state index contributed by atoms with van der Waals surface area (Å²) >= 11 is 6.25. The van der Waals surface area contributed by atoms with E-state index < -0.39 is 52.7 Å². The van der Waals surface area contributed by atoms with Crippen LogP contribution in [0.4, 0.5) is 10.1 Å². The van der Waals surface area contributed by atoms with Gasteiger partial charge in [-0.2, -0.15) is 0 Å². The van der Waals surface area contributed by atoms with Crippen molar-refractivity contribution in [3.05, 3.63) is 99.8 Å². The quantitative estimate of drug-likeness (QED) is 0.391. The Kier molecular flexibility index (Phi) is 4.62. The highest BCUT2D eigenvalue weighted by Gasteiger charge is 2.74.